The number of aromatic nitrogens is 3. The molecule has 2 aromatic heterocycles. The predicted molar refractivity (Wildman–Crippen MR) is 162 cm³/mol. The van der Waals surface area contributed by atoms with Gasteiger partial charge in [-0.25, -0.2) is 36.5 Å². The van der Waals surface area contributed by atoms with Crippen LogP contribution in [0.2, 0.25) is 0 Å². The number of hydrogen-bond acceptors (Lipinski definition) is 10. The molecular formula is C29H33F3N6O4S2. The summed E-state index contributed by atoms with van der Waals surface area (Å²) in [6, 6.07) is 4.32. The molecule has 0 bridgehead atoms. The number of methoxy groups -OCH3 is 1. The Morgan fingerprint density at radius 1 is 1.16 bits per heavy atom. The topological polar surface area (TPSA) is 138 Å². The fraction of sp³-hybridized carbons (Fsp3) is 0.345. The van der Waals surface area contributed by atoms with Crippen molar-refractivity contribution in [3.8, 4) is 10.6 Å². The fourth-order valence-corrected chi connectivity index (χ4v) is 6.62. The van der Waals surface area contributed by atoms with Crippen LogP contribution in [-0.4, -0.2) is 61.5 Å². The number of alkyl halides is 1. The van der Waals surface area contributed by atoms with Crippen LogP contribution in [-0.2, 0) is 20.2 Å². The third kappa shape index (κ3) is 7.57. The monoisotopic (exact) mass is 650 g/mol. The first-order valence-electron chi connectivity index (χ1n) is 13.5. The van der Waals surface area contributed by atoms with Gasteiger partial charge in [-0.2, -0.15) is 0 Å². The number of benzene rings is 1. The number of nitrogens with zero attached hydrogens (tertiary/aromatic N) is 3. The van der Waals surface area contributed by atoms with Crippen molar-refractivity contribution in [1.82, 2.24) is 25.0 Å². The lowest BCUT2D eigenvalue weighted by molar-refractivity contribution is 0.252. The zero-order chi connectivity index (χ0) is 32.1. The predicted octanol–water partition coefficient (Wildman–Crippen LogP) is 4.51. The maximum atomic E-state index is 16.1. The van der Waals surface area contributed by atoms with Crippen molar-refractivity contribution in [2.75, 3.05) is 32.1 Å². The molecule has 0 aliphatic heterocycles. The number of halogens is 3. The minimum atomic E-state index is -4.79. The van der Waals surface area contributed by atoms with E-state index < -0.39 is 44.1 Å². The first-order valence-corrected chi connectivity index (χ1v) is 15.8. The molecule has 0 amide bonds. The Kier molecular flexibility index (Phi) is 10.3. The van der Waals surface area contributed by atoms with Crippen molar-refractivity contribution < 1.29 is 31.4 Å². The van der Waals surface area contributed by atoms with Crippen molar-refractivity contribution in [1.29, 1.82) is 0 Å². The summed E-state index contributed by atoms with van der Waals surface area (Å²) >= 11 is 1.33. The molecule has 0 saturated heterocycles. The Morgan fingerprint density at radius 3 is 2.55 bits per heavy atom. The number of thiazole rings is 1. The molecule has 4 rings (SSSR count). The molecule has 2 heterocycles. The highest BCUT2D eigenvalue weighted by Gasteiger charge is 2.36. The van der Waals surface area contributed by atoms with E-state index in [1.165, 1.54) is 36.7 Å². The zero-order valence-corrected chi connectivity index (χ0v) is 26.1. The van der Waals surface area contributed by atoms with E-state index in [1.54, 1.807) is 18.3 Å². The van der Waals surface area contributed by atoms with Crippen LogP contribution in [0, 0.1) is 11.6 Å². The molecule has 1 aromatic carbocycles. The fourth-order valence-electron chi connectivity index (χ4n) is 4.23. The van der Waals surface area contributed by atoms with E-state index in [-0.39, 0.29) is 12.3 Å². The van der Waals surface area contributed by atoms with Crippen LogP contribution >= 0.6 is 11.3 Å². The largest absolute Gasteiger partial charge is 0.483 e. The molecule has 236 valence electrons. The van der Waals surface area contributed by atoms with Crippen LogP contribution in [0.5, 0.6) is 0 Å². The molecule has 15 heteroatoms. The SMILES string of the molecule is CO/C(=C\CO)NCCNc1nccc(-c2sc(C(C)(C)C)nc2C2C=CC=C(NS(=O)(=O)c3c(F)cccc3F)C2F)n1. The van der Waals surface area contributed by atoms with Gasteiger partial charge in [0, 0.05) is 30.8 Å². The van der Waals surface area contributed by atoms with Gasteiger partial charge in [0.15, 0.2) is 17.0 Å². The standard InChI is InChI=1S/C29H33F3N6O4S2/c1-29(2,3)27-37-24(25(43-27)21-11-13-34-28(36-21)35-15-14-33-22(42-4)12-16-39)17-7-5-10-20(23(17)32)38-44(40,41)26-18(30)8-6-9-19(26)31/h5-13,17,23,33,38-39H,14-16H2,1-4H3,(H,34,35,36)/b22-12-. The summed E-state index contributed by atoms with van der Waals surface area (Å²) in [4.78, 5) is 13.0. The van der Waals surface area contributed by atoms with Crippen LogP contribution in [0.3, 0.4) is 0 Å². The Bertz CT molecular complexity index is 1670. The van der Waals surface area contributed by atoms with Gasteiger partial charge in [0.2, 0.25) is 5.95 Å². The molecular weight excluding hydrogens is 617 g/mol. The Morgan fingerprint density at radius 2 is 1.89 bits per heavy atom. The van der Waals surface area contributed by atoms with Gasteiger partial charge in [0.05, 0.1) is 46.6 Å². The number of sulfonamides is 1. The lowest BCUT2D eigenvalue weighted by Crippen LogP contribution is -2.33. The highest BCUT2D eigenvalue weighted by atomic mass is 32.2. The average Bonchev–Trinajstić information content (AvgIpc) is 3.42. The summed E-state index contributed by atoms with van der Waals surface area (Å²) < 4.78 is 77.6. The molecule has 2 atom stereocenters. The van der Waals surface area contributed by atoms with Gasteiger partial charge < -0.3 is 20.5 Å². The van der Waals surface area contributed by atoms with E-state index >= 15 is 4.39 Å². The smallest absolute Gasteiger partial charge is 0.267 e. The molecule has 0 radical (unpaired) electrons. The second-order valence-corrected chi connectivity index (χ2v) is 13.3. The van der Waals surface area contributed by atoms with Gasteiger partial charge in [-0.3, -0.25) is 4.72 Å². The van der Waals surface area contributed by atoms with Crippen LogP contribution in [0.15, 0.2) is 71.2 Å². The van der Waals surface area contributed by atoms with Crippen LogP contribution < -0.4 is 15.4 Å². The quantitative estimate of drug-likeness (QED) is 0.165. The minimum Gasteiger partial charge on any atom is -0.483 e. The lowest BCUT2D eigenvalue weighted by atomic mass is 9.91. The summed E-state index contributed by atoms with van der Waals surface area (Å²) in [5.41, 5.74) is 0.0167. The summed E-state index contributed by atoms with van der Waals surface area (Å²) in [6.45, 7) is 6.56. The first kappa shape index (κ1) is 33.0. The molecule has 3 aromatic rings. The zero-order valence-electron chi connectivity index (χ0n) is 24.4. The average molecular weight is 651 g/mol. The number of aliphatic hydroxyl groups excluding tert-OH is 1. The highest BCUT2D eigenvalue weighted by molar-refractivity contribution is 7.89. The van der Waals surface area contributed by atoms with Crippen LogP contribution in [0.4, 0.5) is 19.1 Å². The second-order valence-electron chi connectivity index (χ2n) is 10.6. The number of ether oxygens (including phenoxy) is 1. The van der Waals surface area contributed by atoms with Gasteiger partial charge in [-0.1, -0.05) is 39.0 Å². The van der Waals surface area contributed by atoms with Crippen molar-refractivity contribution in [3.63, 3.8) is 0 Å². The van der Waals surface area contributed by atoms with E-state index in [0.717, 1.165) is 18.2 Å². The van der Waals surface area contributed by atoms with E-state index in [0.29, 0.717) is 46.2 Å². The third-order valence-corrected chi connectivity index (χ3v) is 9.30. The Labute approximate surface area is 257 Å². The number of hydrogen-bond donors (Lipinski definition) is 4. The normalized spacial score (nSPS) is 17.3. The summed E-state index contributed by atoms with van der Waals surface area (Å²) in [6.07, 6.45) is 5.32. The Balaban J connectivity index is 1.61. The van der Waals surface area contributed by atoms with Gasteiger partial charge in [-0.05, 0) is 24.3 Å². The molecule has 1 aliphatic rings. The van der Waals surface area contributed by atoms with Crippen molar-refractivity contribution in [2.45, 2.75) is 43.2 Å². The van der Waals surface area contributed by atoms with Gasteiger partial charge in [0.1, 0.15) is 11.6 Å². The van der Waals surface area contributed by atoms with Gasteiger partial charge >= 0.3 is 0 Å². The number of anilines is 1. The number of nitrogens with one attached hydrogen (secondary N) is 3. The highest BCUT2D eigenvalue weighted by Crippen LogP contribution is 2.42. The van der Waals surface area contributed by atoms with E-state index in [9.17, 15) is 17.2 Å². The summed E-state index contributed by atoms with van der Waals surface area (Å²) in [5.74, 6) is -2.89. The van der Waals surface area contributed by atoms with Crippen molar-refractivity contribution in [3.05, 3.63) is 88.7 Å². The van der Waals surface area contributed by atoms with Crippen LogP contribution in [0.25, 0.3) is 10.6 Å². The second kappa shape index (κ2) is 13.8. The molecule has 10 nitrogen and oxygen atoms in total. The molecule has 2 unspecified atom stereocenters. The molecule has 0 fully saturated rings. The minimum absolute atomic E-state index is 0.175. The summed E-state index contributed by atoms with van der Waals surface area (Å²) in [7, 11) is -3.31. The van der Waals surface area contributed by atoms with Crippen molar-refractivity contribution >= 4 is 27.3 Å². The number of aliphatic hydroxyl groups is 1. The molecule has 0 saturated carbocycles. The van der Waals surface area contributed by atoms with E-state index in [1.807, 2.05) is 25.5 Å². The third-order valence-electron chi connectivity index (χ3n) is 6.35. The van der Waals surface area contributed by atoms with E-state index in [4.69, 9.17) is 14.8 Å². The molecule has 0 spiro atoms. The maximum Gasteiger partial charge on any atom is 0.267 e. The number of allylic oxidation sites excluding steroid dienone is 4. The van der Waals surface area contributed by atoms with Gasteiger partial charge in [-0.15, -0.1) is 11.3 Å². The lowest BCUT2D eigenvalue weighted by Gasteiger charge is -2.24. The van der Waals surface area contributed by atoms with Gasteiger partial charge in [0.25, 0.3) is 10.0 Å². The Hall–Kier alpha value is -3.95. The molecule has 44 heavy (non-hydrogen) atoms. The van der Waals surface area contributed by atoms with Crippen LogP contribution in [0.1, 0.15) is 37.4 Å². The first-order chi connectivity index (χ1) is 20.9. The molecule has 1 aliphatic carbocycles. The summed E-state index contributed by atoms with van der Waals surface area (Å²) in [5, 5.41) is 15.8. The van der Waals surface area contributed by atoms with Crippen molar-refractivity contribution in [2.24, 2.45) is 0 Å². The van der Waals surface area contributed by atoms with E-state index in [2.05, 4.69) is 20.6 Å². The maximum absolute atomic E-state index is 16.1. The number of rotatable bonds is 12. The molecule has 4 N–H and O–H groups in total.